The molecule has 0 heterocycles. The quantitative estimate of drug-likeness (QED) is 0.690. The molecule has 0 fully saturated rings. The van der Waals surface area contributed by atoms with Gasteiger partial charge in [-0.05, 0) is 35.9 Å². The second kappa shape index (κ2) is 5.48. The molecule has 0 radical (unpaired) electrons. The molecule has 2 aromatic carbocycles. The summed E-state index contributed by atoms with van der Waals surface area (Å²) in [7, 11) is 0. The monoisotopic (exact) mass is 325 g/mol. The summed E-state index contributed by atoms with van der Waals surface area (Å²) in [5.74, 6) is -1.69. The van der Waals surface area contributed by atoms with Crippen molar-refractivity contribution in [3.63, 3.8) is 0 Å². The molecule has 0 saturated heterocycles. The molecule has 2 rings (SSSR count). The largest absolute Gasteiger partial charge is 0.398 e. The zero-order chi connectivity index (χ0) is 14.0. The zero-order valence-electron chi connectivity index (χ0n) is 9.79. The lowest BCUT2D eigenvalue weighted by molar-refractivity contribution is 0.0994. The molecule has 0 aromatic heterocycles. The molecule has 0 aliphatic rings. The summed E-state index contributed by atoms with van der Waals surface area (Å²) < 4.78 is 26.8. The van der Waals surface area contributed by atoms with Crippen LogP contribution in [-0.4, -0.2) is 5.78 Å². The molecule has 0 saturated carbocycles. The maximum Gasteiger partial charge on any atom is 0.169 e. The Labute approximate surface area is 117 Å². The number of nitrogens with two attached hydrogens (primary N) is 1. The van der Waals surface area contributed by atoms with Crippen molar-refractivity contribution < 1.29 is 13.6 Å². The average Bonchev–Trinajstić information content (AvgIpc) is 2.26. The first-order valence-electron chi connectivity index (χ1n) is 5.49. The third-order valence-electron chi connectivity index (χ3n) is 2.60. The summed E-state index contributed by atoms with van der Waals surface area (Å²) in [6, 6.07) is 7.92. The molecule has 0 bridgehead atoms. The predicted octanol–water partition coefficient (Wildman–Crippen LogP) is 3.73. The minimum Gasteiger partial charge on any atom is -0.398 e. The highest BCUT2D eigenvalue weighted by Gasteiger charge is 2.12. The van der Waals surface area contributed by atoms with Crippen molar-refractivity contribution in [3.8, 4) is 0 Å². The summed E-state index contributed by atoms with van der Waals surface area (Å²) in [5.41, 5.74) is 6.69. The first-order valence-corrected chi connectivity index (χ1v) is 6.28. The van der Waals surface area contributed by atoms with Crippen molar-refractivity contribution in [3.05, 3.63) is 63.6 Å². The molecule has 0 amide bonds. The van der Waals surface area contributed by atoms with Crippen molar-refractivity contribution in [2.75, 3.05) is 5.73 Å². The summed E-state index contributed by atoms with van der Waals surface area (Å²) in [6.07, 6.45) is -0.0967. The summed E-state index contributed by atoms with van der Waals surface area (Å²) in [6.45, 7) is 0. The lowest BCUT2D eigenvalue weighted by Gasteiger charge is -2.06. The van der Waals surface area contributed by atoms with Crippen LogP contribution in [0.1, 0.15) is 15.9 Å². The van der Waals surface area contributed by atoms with E-state index < -0.39 is 11.6 Å². The standard InChI is InChI=1S/C14H10BrF2NO/c15-9-1-2-12(13(18)6-9)14(19)5-8-3-10(16)7-11(17)4-8/h1-4,6-7H,5,18H2. The first-order chi connectivity index (χ1) is 8.95. The molecule has 2 aromatic rings. The minimum atomic E-state index is -0.702. The third-order valence-corrected chi connectivity index (χ3v) is 3.09. The van der Waals surface area contributed by atoms with Crippen LogP contribution in [-0.2, 0) is 6.42 Å². The first kappa shape index (κ1) is 13.7. The van der Waals surface area contributed by atoms with Gasteiger partial charge in [0.05, 0.1) is 0 Å². The molecule has 2 N–H and O–H groups in total. The van der Waals surface area contributed by atoms with E-state index in [1.807, 2.05) is 0 Å². The van der Waals surface area contributed by atoms with E-state index in [4.69, 9.17) is 5.73 Å². The molecule has 0 aliphatic heterocycles. The Morgan fingerprint density at radius 3 is 2.32 bits per heavy atom. The molecular formula is C14H10BrF2NO. The topological polar surface area (TPSA) is 43.1 Å². The number of hydrogen-bond donors (Lipinski definition) is 1. The van der Waals surface area contributed by atoms with Crippen molar-refractivity contribution in [2.24, 2.45) is 0 Å². The minimum absolute atomic E-state index is 0.0967. The van der Waals surface area contributed by atoms with E-state index in [9.17, 15) is 13.6 Å². The Morgan fingerprint density at radius 1 is 1.11 bits per heavy atom. The van der Waals surface area contributed by atoms with Gasteiger partial charge in [-0.15, -0.1) is 0 Å². The van der Waals surface area contributed by atoms with Crippen LogP contribution in [0.2, 0.25) is 0 Å². The second-order valence-corrected chi connectivity index (χ2v) is 5.02. The number of rotatable bonds is 3. The van der Waals surface area contributed by atoms with Gasteiger partial charge in [0, 0.05) is 28.2 Å². The van der Waals surface area contributed by atoms with Gasteiger partial charge in [-0.2, -0.15) is 0 Å². The maximum atomic E-state index is 13.0. The molecule has 0 spiro atoms. The summed E-state index contributed by atoms with van der Waals surface area (Å²) in [4.78, 5) is 12.0. The Balaban J connectivity index is 2.25. The van der Waals surface area contributed by atoms with Crippen LogP contribution in [0.4, 0.5) is 14.5 Å². The number of carbonyl (C=O) groups excluding carboxylic acids is 1. The van der Waals surface area contributed by atoms with Crippen LogP contribution in [0, 0.1) is 11.6 Å². The van der Waals surface area contributed by atoms with E-state index in [1.54, 1.807) is 18.2 Å². The number of halogens is 3. The van der Waals surface area contributed by atoms with Gasteiger partial charge in [0.15, 0.2) is 5.78 Å². The fourth-order valence-electron chi connectivity index (χ4n) is 1.78. The SMILES string of the molecule is Nc1cc(Br)ccc1C(=O)Cc1cc(F)cc(F)c1. The van der Waals surface area contributed by atoms with Gasteiger partial charge in [0.1, 0.15) is 11.6 Å². The Kier molecular flexibility index (Phi) is 3.95. The van der Waals surface area contributed by atoms with Gasteiger partial charge in [-0.25, -0.2) is 8.78 Å². The number of benzene rings is 2. The van der Waals surface area contributed by atoms with E-state index in [2.05, 4.69) is 15.9 Å². The number of anilines is 1. The molecule has 2 nitrogen and oxygen atoms in total. The van der Waals surface area contributed by atoms with Crippen molar-refractivity contribution in [1.82, 2.24) is 0 Å². The van der Waals surface area contributed by atoms with Crippen LogP contribution < -0.4 is 5.73 Å². The molecule has 98 valence electrons. The predicted molar refractivity (Wildman–Crippen MR) is 72.9 cm³/mol. The molecule has 0 aliphatic carbocycles. The van der Waals surface area contributed by atoms with E-state index in [0.29, 0.717) is 11.3 Å². The smallest absolute Gasteiger partial charge is 0.169 e. The van der Waals surface area contributed by atoms with E-state index >= 15 is 0 Å². The number of Topliss-reactive ketones (excluding diaryl/α,β-unsaturated/α-hetero) is 1. The van der Waals surface area contributed by atoms with Crippen LogP contribution >= 0.6 is 15.9 Å². The summed E-state index contributed by atoms with van der Waals surface area (Å²) >= 11 is 3.24. The van der Waals surface area contributed by atoms with Gasteiger partial charge in [0.2, 0.25) is 0 Å². The highest BCUT2D eigenvalue weighted by Crippen LogP contribution is 2.20. The normalized spacial score (nSPS) is 10.5. The fourth-order valence-corrected chi connectivity index (χ4v) is 2.16. The number of nitrogen functional groups attached to an aromatic ring is 1. The van der Waals surface area contributed by atoms with Crippen LogP contribution in [0.3, 0.4) is 0 Å². The maximum absolute atomic E-state index is 13.0. The number of carbonyl (C=O) groups is 1. The Morgan fingerprint density at radius 2 is 1.74 bits per heavy atom. The van der Waals surface area contributed by atoms with Gasteiger partial charge in [-0.1, -0.05) is 15.9 Å². The van der Waals surface area contributed by atoms with Crippen LogP contribution in [0.15, 0.2) is 40.9 Å². The lowest BCUT2D eigenvalue weighted by Crippen LogP contribution is -2.07. The summed E-state index contributed by atoms with van der Waals surface area (Å²) in [5, 5.41) is 0. The average molecular weight is 326 g/mol. The van der Waals surface area contributed by atoms with Crippen LogP contribution in [0.25, 0.3) is 0 Å². The van der Waals surface area contributed by atoms with Crippen LogP contribution in [0.5, 0.6) is 0 Å². The van der Waals surface area contributed by atoms with E-state index in [-0.39, 0.29) is 17.8 Å². The van der Waals surface area contributed by atoms with Gasteiger partial charge in [-0.3, -0.25) is 4.79 Å². The van der Waals surface area contributed by atoms with Crippen molar-refractivity contribution >= 4 is 27.4 Å². The Bertz CT molecular complexity index is 623. The molecule has 19 heavy (non-hydrogen) atoms. The van der Waals surface area contributed by atoms with E-state index in [0.717, 1.165) is 22.7 Å². The second-order valence-electron chi connectivity index (χ2n) is 4.11. The van der Waals surface area contributed by atoms with Gasteiger partial charge >= 0.3 is 0 Å². The zero-order valence-corrected chi connectivity index (χ0v) is 11.4. The van der Waals surface area contributed by atoms with Crippen molar-refractivity contribution in [1.29, 1.82) is 0 Å². The number of ketones is 1. The third kappa shape index (κ3) is 3.38. The van der Waals surface area contributed by atoms with E-state index in [1.165, 1.54) is 0 Å². The molecule has 0 atom stereocenters. The lowest BCUT2D eigenvalue weighted by atomic mass is 10.0. The van der Waals surface area contributed by atoms with Gasteiger partial charge in [0.25, 0.3) is 0 Å². The highest BCUT2D eigenvalue weighted by molar-refractivity contribution is 9.10. The fraction of sp³-hybridized carbons (Fsp3) is 0.0714. The number of hydrogen-bond acceptors (Lipinski definition) is 2. The molecule has 0 unspecified atom stereocenters. The Hall–Kier alpha value is -1.75. The van der Waals surface area contributed by atoms with Gasteiger partial charge < -0.3 is 5.73 Å². The molecular weight excluding hydrogens is 316 g/mol. The van der Waals surface area contributed by atoms with Crippen molar-refractivity contribution in [2.45, 2.75) is 6.42 Å². The highest BCUT2D eigenvalue weighted by atomic mass is 79.9. The molecule has 5 heteroatoms.